The zero-order valence-electron chi connectivity index (χ0n) is 12.8. The largest absolute Gasteiger partial charge is 0.302 e. The molecule has 0 aliphatic heterocycles. The second-order valence-corrected chi connectivity index (χ2v) is 8.75. The average Bonchev–Trinajstić information content (AvgIpc) is 3.20. The summed E-state index contributed by atoms with van der Waals surface area (Å²) in [6.07, 6.45) is 5.33. The van der Waals surface area contributed by atoms with Gasteiger partial charge in [-0.05, 0) is 38.0 Å². The summed E-state index contributed by atoms with van der Waals surface area (Å²) in [6.45, 7) is 11.5. The number of thiazole rings is 1. The normalized spacial score (nSPS) is 25.1. The van der Waals surface area contributed by atoms with Crippen molar-refractivity contribution in [2.24, 2.45) is 5.41 Å². The van der Waals surface area contributed by atoms with Crippen LogP contribution in [0.5, 0.6) is 0 Å². The number of hydrogen-bond acceptors (Lipinski definition) is 3. The highest BCUT2D eigenvalue weighted by Gasteiger charge is 2.56. The molecule has 2 aliphatic rings. The summed E-state index contributed by atoms with van der Waals surface area (Å²) in [5.74, 6) is 0. The van der Waals surface area contributed by atoms with E-state index in [1.807, 2.05) is 11.3 Å². The summed E-state index contributed by atoms with van der Waals surface area (Å²) >= 11 is 1.85. The highest BCUT2D eigenvalue weighted by atomic mass is 32.1. The van der Waals surface area contributed by atoms with Crippen LogP contribution in [0.3, 0.4) is 0 Å². The Morgan fingerprint density at radius 2 is 1.89 bits per heavy atom. The average molecular weight is 278 g/mol. The van der Waals surface area contributed by atoms with Crippen LogP contribution in [0.4, 0.5) is 0 Å². The predicted molar refractivity (Wildman–Crippen MR) is 81.7 cm³/mol. The highest BCUT2D eigenvalue weighted by Crippen LogP contribution is 2.59. The minimum Gasteiger partial charge on any atom is -0.302 e. The van der Waals surface area contributed by atoms with Crippen LogP contribution in [0.2, 0.25) is 0 Å². The molecule has 2 saturated carbocycles. The molecular formula is C16H26N2S. The topological polar surface area (TPSA) is 24.9 Å². The molecule has 1 N–H and O–H groups in total. The maximum absolute atomic E-state index is 5.00. The van der Waals surface area contributed by atoms with Gasteiger partial charge in [0.15, 0.2) is 0 Å². The van der Waals surface area contributed by atoms with Crippen molar-refractivity contribution >= 4 is 11.3 Å². The van der Waals surface area contributed by atoms with E-state index < -0.39 is 0 Å². The van der Waals surface area contributed by atoms with Crippen molar-refractivity contribution in [2.45, 2.75) is 77.3 Å². The Bertz CT molecular complexity index is 477. The molecule has 3 heteroatoms. The molecule has 0 amide bonds. The van der Waals surface area contributed by atoms with E-state index in [-0.39, 0.29) is 11.0 Å². The van der Waals surface area contributed by atoms with Gasteiger partial charge in [-0.15, -0.1) is 11.3 Å². The van der Waals surface area contributed by atoms with E-state index in [9.17, 15) is 0 Å². The Balaban J connectivity index is 1.93. The van der Waals surface area contributed by atoms with Crippen LogP contribution in [0.15, 0.2) is 5.38 Å². The first kappa shape index (κ1) is 13.6. The number of nitrogens with one attached hydrogen (secondary N) is 1. The third-order valence-electron chi connectivity index (χ3n) is 4.98. The van der Waals surface area contributed by atoms with Crippen molar-refractivity contribution in [3.05, 3.63) is 16.1 Å². The minimum atomic E-state index is 0.0718. The Hall–Kier alpha value is -0.410. The van der Waals surface area contributed by atoms with Crippen LogP contribution in [0.1, 0.15) is 71.0 Å². The van der Waals surface area contributed by atoms with Gasteiger partial charge in [0.2, 0.25) is 0 Å². The van der Waals surface area contributed by atoms with Gasteiger partial charge in [-0.3, -0.25) is 0 Å². The molecule has 0 bridgehead atoms. The lowest BCUT2D eigenvalue weighted by molar-refractivity contribution is 0.222. The van der Waals surface area contributed by atoms with Crippen molar-refractivity contribution < 1.29 is 0 Å². The van der Waals surface area contributed by atoms with E-state index in [1.165, 1.54) is 36.4 Å². The molecular weight excluding hydrogens is 252 g/mol. The van der Waals surface area contributed by atoms with E-state index in [0.717, 1.165) is 6.04 Å². The van der Waals surface area contributed by atoms with Gasteiger partial charge in [0.1, 0.15) is 5.01 Å². The summed E-state index contributed by atoms with van der Waals surface area (Å²) in [6, 6.07) is 0.726. The van der Waals surface area contributed by atoms with Crippen LogP contribution >= 0.6 is 11.3 Å². The summed E-state index contributed by atoms with van der Waals surface area (Å²) in [4.78, 5) is 5.00. The second kappa shape index (κ2) is 4.05. The standard InChI is InChI=1S/C16H26N2S/c1-14(2,3)12-10-19-13(17-12)16(5,15(4)8-9-15)18-11-6-7-11/h10-11,18H,6-9H2,1-5H3. The van der Waals surface area contributed by atoms with Gasteiger partial charge >= 0.3 is 0 Å². The lowest BCUT2D eigenvalue weighted by Crippen LogP contribution is -2.47. The van der Waals surface area contributed by atoms with Crippen LogP contribution < -0.4 is 5.32 Å². The first-order valence-corrected chi connectivity index (χ1v) is 8.37. The van der Waals surface area contributed by atoms with Gasteiger partial charge in [0.05, 0.1) is 11.2 Å². The molecule has 1 atom stereocenters. The minimum absolute atomic E-state index is 0.0718. The SMILES string of the molecule is CC(C)(C)c1csc(C(C)(NC2CC2)C2(C)CC2)n1. The van der Waals surface area contributed by atoms with Crippen molar-refractivity contribution in [3.63, 3.8) is 0 Å². The lowest BCUT2D eigenvalue weighted by Gasteiger charge is -2.36. The predicted octanol–water partition coefficient (Wildman–Crippen LogP) is 4.21. The van der Waals surface area contributed by atoms with E-state index in [0.29, 0.717) is 5.41 Å². The molecule has 2 fully saturated rings. The third kappa shape index (κ3) is 2.36. The summed E-state index contributed by atoms with van der Waals surface area (Å²) in [7, 11) is 0. The molecule has 106 valence electrons. The van der Waals surface area contributed by atoms with Crippen molar-refractivity contribution in [3.8, 4) is 0 Å². The molecule has 1 heterocycles. The first-order valence-electron chi connectivity index (χ1n) is 7.49. The van der Waals surface area contributed by atoms with Crippen molar-refractivity contribution in [1.29, 1.82) is 0 Å². The van der Waals surface area contributed by atoms with Gasteiger partial charge in [-0.1, -0.05) is 27.7 Å². The van der Waals surface area contributed by atoms with Gasteiger partial charge in [0.25, 0.3) is 0 Å². The Labute approximate surface area is 121 Å². The Morgan fingerprint density at radius 1 is 1.26 bits per heavy atom. The van der Waals surface area contributed by atoms with Gasteiger partial charge in [-0.2, -0.15) is 0 Å². The molecule has 1 unspecified atom stereocenters. The highest BCUT2D eigenvalue weighted by molar-refractivity contribution is 7.09. The fourth-order valence-corrected chi connectivity index (χ4v) is 3.99. The number of nitrogens with zero attached hydrogens (tertiary/aromatic N) is 1. The smallest absolute Gasteiger partial charge is 0.113 e. The summed E-state index contributed by atoms with van der Waals surface area (Å²) < 4.78 is 0. The quantitative estimate of drug-likeness (QED) is 0.892. The molecule has 0 radical (unpaired) electrons. The third-order valence-corrected chi connectivity index (χ3v) is 6.04. The van der Waals surface area contributed by atoms with E-state index in [4.69, 9.17) is 4.98 Å². The lowest BCUT2D eigenvalue weighted by atomic mass is 9.84. The van der Waals surface area contributed by atoms with Gasteiger partial charge < -0.3 is 5.32 Å². The number of hydrogen-bond donors (Lipinski definition) is 1. The van der Waals surface area contributed by atoms with Crippen LogP contribution in [0, 0.1) is 5.41 Å². The van der Waals surface area contributed by atoms with Crippen LogP contribution in [0.25, 0.3) is 0 Å². The fourth-order valence-electron chi connectivity index (χ4n) is 2.67. The molecule has 0 aromatic carbocycles. The molecule has 19 heavy (non-hydrogen) atoms. The van der Waals surface area contributed by atoms with Crippen molar-refractivity contribution in [2.75, 3.05) is 0 Å². The van der Waals surface area contributed by atoms with Gasteiger partial charge in [0, 0.05) is 16.8 Å². The monoisotopic (exact) mass is 278 g/mol. The van der Waals surface area contributed by atoms with Crippen molar-refractivity contribution in [1.82, 2.24) is 10.3 Å². The van der Waals surface area contributed by atoms with Crippen LogP contribution in [-0.4, -0.2) is 11.0 Å². The Kier molecular flexibility index (Phi) is 2.89. The van der Waals surface area contributed by atoms with E-state index >= 15 is 0 Å². The second-order valence-electron chi connectivity index (χ2n) is 7.89. The molecule has 2 nitrogen and oxygen atoms in total. The maximum atomic E-state index is 5.00. The summed E-state index contributed by atoms with van der Waals surface area (Å²) in [5.41, 5.74) is 1.87. The summed E-state index contributed by atoms with van der Waals surface area (Å²) in [5, 5.41) is 7.45. The molecule has 0 spiro atoms. The molecule has 2 aliphatic carbocycles. The first-order chi connectivity index (χ1) is 8.75. The molecule has 1 aromatic heterocycles. The van der Waals surface area contributed by atoms with Crippen LogP contribution in [-0.2, 0) is 11.0 Å². The van der Waals surface area contributed by atoms with E-state index in [1.54, 1.807) is 0 Å². The Morgan fingerprint density at radius 3 is 2.32 bits per heavy atom. The molecule has 3 rings (SSSR count). The zero-order valence-corrected chi connectivity index (χ0v) is 13.7. The number of rotatable bonds is 4. The molecule has 1 aromatic rings. The number of aromatic nitrogens is 1. The zero-order chi connectivity index (χ0) is 13.9. The molecule has 0 saturated heterocycles. The van der Waals surface area contributed by atoms with E-state index in [2.05, 4.69) is 45.3 Å². The maximum Gasteiger partial charge on any atom is 0.113 e. The fraction of sp³-hybridized carbons (Fsp3) is 0.812. The van der Waals surface area contributed by atoms with Gasteiger partial charge in [-0.25, -0.2) is 4.98 Å².